The summed E-state index contributed by atoms with van der Waals surface area (Å²) in [5, 5.41) is 4.97. The van der Waals surface area contributed by atoms with Gasteiger partial charge in [-0.05, 0) is 75.6 Å². The minimum atomic E-state index is -0.336. The number of hydrogen-bond acceptors (Lipinski definition) is 3. The van der Waals surface area contributed by atoms with Crippen LogP contribution in [0.2, 0.25) is 10.0 Å². The topological polar surface area (TPSA) is 50.7 Å². The number of nitrogens with zero attached hydrogens (tertiary/aromatic N) is 1. The van der Waals surface area contributed by atoms with Crippen molar-refractivity contribution in [2.45, 2.75) is 6.61 Å². The van der Waals surface area contributed by atoms with E-state index >= 15 is 0 Å². The van der Waals surface area contributed by atoms with Gasteiger partial charge in [0.2, 0.25) is 0 Å². The zero-order valence-corrected chi connectivity index (χ0v) is 19.5. The first-order valence-electron chi connectivity index (χ1n) is 8.37. The molecule has 1 N–H and O–H groups in total. The third kappa shape index (κ3) is 6.31. The number of hydrazone groups is 1. The van der Waals surface area contributed by atoms with Crippen molar-refractivity contribution in [3.8, 4) is 5.75 Å². The molecule has 0 saturated carbocycles. The van der Waals surface area contributed by atoms with Crippen molar-refractivity contribution in [1.29, 1.82) is 0 Å². The largest absolute Gasteiger partial charge is 0.486 e. The van der Waals surface area contributed by atoms with Crippen LogP contribution in [-0.2, 0) is 6.61 Å². The number of nitrogens with one attached hydrogen (secondary N) is 1. The van der Waals surface area contributed by atoms with E-state index < -0.39 is 0 Å². The predicted octanol–water partition coefficient (Wildman–Crippen LogP) is 6.86. The Morgan fingerprint density at radius 3 is 2.38 bits per heavy atom. The van der Waals surface area contributed by atoms with Crippen LogP contribution >= 0.6 is 55.1 Å². The van der Waals surface area contributed by atoms with Crippen molar-refractivity contribution in [3.05, 3.63) is 96.3 Å². The van der Waals surface area contributed by atoms with Crippen LogP contribution < -0.4 is 10.2 Å². The normalized spacial score (nSPS) is 10.9. The lowest BCUT2D eigenvalue weighted by atomic mass is 10.2. The number of carbonyl (C=O) groups excluding carboxylic acids is 1. The Kier molecular flexibility index (Phi) is 7.72. The van der Waals surface area contributed by atoms with E-state index in [0.29, 0.717) is 38.0 Å². The molecule has 3 aromatic carbocycles. The van der Waals surface area contributed by atoms with E-state index in [-0.39, 0.29) is 5.91 Å². The molecule has 0 aliphatic carbocycles. The molecule has 3 aromatic rings. The van der Waals surface area contributed by atoms with Crippen LogP contribution in [0.5, 0.6) is 5.75 Å². The minimum absolute atomic E-state index is 0.336. The van der Waals surface area contributed by atoms with Crippen LogP contribution in [-0.4, -0.2) is 12.1 Å². The Morgan fingerprint density at radius 1 is 1.03 bits per heavy atom. The molecular weight excluding hydrogens is 543 g/mol. The second-order valence-corrected chi connectivity index (χ2v) is 8.55. The summed E-state index contributed by atoms with van der Waals surface area (Å²) in [6.45, 7) is 0.385. The van der Waals surface area contributed by atoms with Crippen molar-refractivity contribution in [2.24, 2.45) is 5.10 Å². The Balaban J connectivity index is 1.63. The smallest absolute Gasteiger partial charge is 0.271 e. The average molecular weight is 557 g/mol. The lowest BCUT2D eigenvalue weighted by Crippen LogP contribution is -2.17. The monoisotopic (exact) mass is 554 g/mol. The average Bonchev–Trinajstić information content (AvgIpc) is 2.69. The van der Waals surface area contributed by atoms with Gasteiger partial charge in [-0.15, -0.1) is 0 Å². The number of benzene rings is 3. The third-order valence-corrected chi connectivity index (χ3v) is 5.45. The fourth-order valence-electron chi connectivity index (χ4n) is 2.36. The second-order valence-electron chi connectivity index (χ2n) is 5.93. The molecule has 0 fully saturated rings. The van der Waals surface area contributed by atoms with Gasteiger partial charge in [0.15, 0.2) is 5.75 Å². The van der Waals surface area contributed by atoms with E-state index in [1.807, 2.05) is 24.3 Å². The fraction of sp³-hybridized carbons (Fsp3) is 0.0476. The van der Waals surface area contributed by atoms with Gasteiger partial charge in [-0.25, -0.2) is 5.43 Å². The van der Waals surface area contributed by atoms with Gasteiger partial charge in [0.05, 0.1) is 15.7 Å². The van der Waals surface area contributed by atoms with E-state index in [2.05, 4.69) is 42.4 Å². The molecule has 0 aromatic heterocycles. The van der Waals surface area contributed by atoms with Gasteiger partial charge >= 0.3 is 0 Å². The number of amides is 1. The molecule has 0 saturated heterocycles. The van der Waals surface area contributed by atoms with Crippen molar-refractivity contribution in [3.63, 3.8) is 0 Å². The summed E-state index contributed by atoms with van der Waals surface area (Å²) in [6, 6.07) is 17.9. The Labute approximate surface area is 195 Å². The first-order valence-corrected chi connectivity index (χ1v) is 10.7. The zero-order chi connectivity index (χ0) is 20.8. The number of ether oxygens (including phenoxy) is 1. The molecular formula is C21H14Br2Cl2N2O2. The highest BCUT2D eigenvalue weighted by Gasteiger charge is 2.10. The van der Waals surface area contributed by atoms with Gasteiger partial charge in [0.25, 0.3) is 5.91 Å². The van der Waals surface area contributed by atoms with Crippen LogP contribution in [0.1, 0.15) is 21.5 Å². The number of rotatable bonds is 6. The van der Waals surface area contributed by atoms with E-state index in [1.165, 1.54) is 6.21 Å². The van der Waals surface area contributed by atoms with Crippen LogP contribution in [0.3, 0.4) is 0 Å². The van der Waals surface area contributed by atoms with Crippen LogP contribution in [0.25, 0.3) is 0 Å². The molecule has 0 aliphatic heterocycles. The first kappa shape index (κ1) is 21.8. The summed E-state index contributed by atoms with van der Waals surface area (Å²) in [7, 11) is 0. The summed E-state index contributed by atoms with van der Waals surface area (Å²) >= 11 is 19.0. The maximum Gasteiger partial charge on any atom is 0.271 e. The van der Waals surface area contributed by atoms with Crippen molar-refractivity contribution in [2.75, 3.05) is 0 Å². The van der Waals surface area contributed by atoms with E-state index in [4.69, 9.17) is 27.9 Å². The standard InChI is InChI=1S/C21H14Br2Cl2N2O2/c22-16-5-1-13(2-6-16)12-29-20-18(23)9-14(10-19(20)25)11-26-27-21(28)15-3-7-17(24)8-4-15/h1-11H,12H2,(H,27,28)/b26-11-. The highest BCUT2D eigenvalue weighted by atomic mass is 79.9. The van der Waals surface area contributed by atoms with Gasteiger partial charge < -0.3 is 4.74 Å². The summed E-state index contributed by atoms with van der Waals surface area (Å²) in [6.07, 6.45) is 1.50. The molecule has 148 valence electrons. The molecule has 8 heteroatoms. The number of hydrogen-bond donors (Lipinski definition) is 1. The molecule has 0 heterocycles. The Morgan fingerprint density at radius 2 is 1.72 bits per heavy atom. The molecule has 3 rings (SSSR count). The second kappa shape index (κ2) is 10.3. The van der Waals surface area contributed by atoms with Gasteiger partial charge in [-0.2, -0.15) is 5.10 Å². The van der Waals surface area contributed by atoms with Gasteiger partial charge in [-0.3, -0.25) is 4.79 Å². The van der Waals surface area contributed by atoms with E-state index in [0.717, 1.165) is 10.0 Å². The molecule has 4 nitrogen and oxygen atoms in total. The fourth-order valence-corrected chi connectivity index (χ4v) is 3.74. The zero-order valence-electron chi connectivity index (χ0n) is 14.8. The molecule has 0 unspecified atom stereocenters. The molecule has 0 atom stereocenters. The van der Waals surface area contributed by atoms with E-state index in [1.54, 1.807) is 36.4 Å². The summed E-state index contributed by atoms with van der Waals surface area (Å²) in [5.41, 5.74) is 4.65. The molecule has 0 aliphatic rings. The van der Waals surface area contributed by atoms with Gasteiger partial charge in [-0.1, -0.05) is 51.3 Å². The molecule has 1 amide bonds. The van der Waals surface area contributed by atoms with Crippen LogP contribution in [0.4, 0.5) is 0 Å². The minimum Gasteiger partial charge on any atom is -0.486 e. The molecule has 0 bridgehead atoms. The van der Waals surface area contributed by atoms with E-state index in [9.17, 15) is 4.79 Å². The quantitative estimate of drug-likeness (QED) is 0.266. The lowest BCUT2D eigenvalue weighted by Gasteiger charge is -2.11. The van der Waals surface area contributed by atoms with Crippen molar-refractivity contribution < 1.29 is 9.53 Å². The van der Waals surface area contributed by atoms with Crippen molar-refractivity contribution >= 4 is 67.2 Å². The third-order valence-electron chi connectivity index (χ3n) is 3.80. The Bertz CT molecular complexity index is 1020. The molecule has 29 heavy (non-hydrogen) atoms. The predicted molar refractivity (Wildman–Crippen MR) is 124 cm³/mol. The highest BCUT2D eigenvalue weighted by Crippen LogP contribution is 2.34. The molecule has 0 spiro atoms. The maximum absolute atomic E-state index is 12.0. The van der Waals surface area contributed by atoms with Crippen LogP contribution in [0, 0.1) is 0 Å². The SMILES string of the molecule is O=C(N/N=C\c1cc(Cl)c(OCc2ccc(Br)cc2)c(Br)c1)c1ccc(Cl)cc1. The number of halogens is 4. The highest BCUT2D eigenvalue weighted by molar-refractivity contribution is 9.10. The van der Waals surface area contributed by atoms with Crippen LogP contribution in [0.15, 0.2) is 74.7 Å². The maximum atomic E-state index is 12.0. The van der Waals surface area contributed by atoms with Gasteiger partial charge in [0, 0.05) is 15.1 Å². The van der Waals surface area contributed by atoms with Crippen molar-refractivity contribution in [1.82, 2.24) is 5.43 Å². The summed E-state index contributed by atoms with van der Waals surface area (Å²) < 4.78 is 7.53. The lowest BCUT2D eigenvalue weighted by molar-refractivity contribution is 0.0955. The molecule has 0 radical (unpaired) electrons. The summed E-state index contributed by atoms with van der Waals surface area (Å²) in [4.78, 5) is 12.0. The first-order chi connectivity index (χ1) is 13.9. The Hall–Kier alpha value is -1.86. The van der Waals surface area contributed by atoms with Gasteiger partial charge in [0.1, 0.15) is 6.61 Å². The number of carbonyl (C=O) groups is 1. The summed E-state index contributed by atoms with van der Waals surface area (Å²) in [5.74, 6) is 0.203.